The predicted molar refractivity (Wildman–Crippen MR) is 123 cm³/mol. The van der Waals surface area contributed by atoms with E-state index < -0.39 is 0 Å². The third-order valence-corrected chi connectivity index (χ3v) is 5.12. The van der Waals surface area contributed by atoms with Gasteiger partial charge in [0.2, 0.25) is 5.82 Å². The molecule has 0 spiro atoms. The van der Waals surface area contributed by atoms with Crippen LogP contribution in [0.1, 0.15) is 39.1 Å². The summed E-state index contributed by atoms with van der Waals surface area (Å²) in [6.45, 7) is 8.65. The van der Waals surface area contributed by atoms with Gasteiger partial charge in [-0.05, 0) is 28.8 Å². The van der Waals surface area contributed by atoms with Crippen molar-refractivity contribution >= 4 is 0 Å². The predicted octanol–water partition coefficient (Wildman–Crippen LogP) is 3.26. The molecular weight excluding hydrogens is 402 g/mol. The highest BCUT2D eigenvalue weighted by molar-refractivity contribution is 5.80. The number of hydrogen-bond acceptors (Lipinski definition) is 5. The van der Waals surface area contributed by atoms with Gasteiger partial charge in [-0.2, -0.15) is 10.3 Å². The molecule has 0 aliphatic heterocycles. The summed E-state index contributed by atoms with van der Waals surface area (Å²) in [5, 5.41) is 18.9. The lowest BCUT2D eigenvalue weighted by atomic mass is 9.95. The zero-order valence-corrected chi connectivity index (χ0v) is 18.6. The summed E-state index contributed by atoms with van der Waals surface area (Å²) < 4.78 is 3.17. The zero-order valence-electron chi connectivity index (χ0n) is 18.6. The maximum absolute atomic E-state index is 13.0. The first-order valence-corrected chi connectivity index (χ1v) is 10.4. The van der Waals surface area contributed by atoms with Crippen molar-refractivity contribution in [1.29, 1.82) is 0 Å². The van der Waals surface area contributed by atoms with Gasteiger partial charge < -0.3 is 0 Å². The molecule has 8 nitrogen and oxygen atoms in total. The minimum Gasteiger partial charge on any atom is -0.274 e. The topological polar surface area (TPSA) is 94.3 Å². The van der Waals surface area contributed by atoms with E-state index in [1.807, 2.05) is 48.5 Å². The van der Waals surface area contributed by atoms with Crippen LogP contribution in [0.2, 0.25) is 0 Å². The molecule has 162 valence electrons. The van der Waals surface area contributed by atoms with E-state index in [1.165, 1.54) is 4.68 Å². The summed E-state index contributed by atoms with van der Waals surface area (Å²) in [6.07, 6.45) is 0. The van der Waals surface area contributed by atoms with Crippen molar-refractivity contribution in [2.45, 2.75) is 46.2 Å². The molecule has 32 heavy (non-hydrogen) atoms. The molecule has 0 fully saturated rings. The minimum absolute atomic E-state index is 0.149. The van der Waals surface area contributed by atoms with Crippen LogP contribution in [0.4, 0.5) is 0 Å². The number of H-pyrrole nitrogens is 1. The van der Waals surface area contributed by atoms with Crippen LogP contribution in [-0.4, -0.2) is 35.0 Å². The van der Waals surface area contributed by atoms with Crippen LogP contribution in [0.15, 0.2) is 53.3 Å². The molecule has 0 aliphatic carbocycles. The fourth-order valence-electron chi connectivity index (χ4n) is 3.57. The first-order chi connectivity index (χ1) is 15.4. The number of benzene rings is 2. The molecule has 0 amide bonds. The highest BCUT2D eigenvalue weighted by Gasteiger charge is 2.24. The Morgan fingerprint density at radius 2 is 1.75 bits per heavy atom. The van der Waals surface area contributed by atoms with Gasteiger partial charge in [0.1, 0.15) is 12.4 Å². The minimum atomic E-state index is -0.270. The van der Waals surface area contributed by atoms with Crippen molar-refractivity contribution in [3.63, 3.8) is 0 Å². The largest absolute Gasteiger partial charge is 0.347 e. The molecule has 8 heteroatoms. The van der Waals surface area contributed by atoms with Crippen LogP contribution in [0.3, 0.4) is 0 Å². The Kier molecular flexibility index (Phi) is 5.73. The maximum Gasteiger partial charge on any atom is 0.347 e. The van der Waals surface area contributed by atoms with E-state index in [4.69, 9.17) is 0 Å². The fourth-order valence-corrected chi connectivity index (χ4v) is 3.57. The van der Waals surface area contributed by atoms with E-state index in [2.05, 4.69) is 58.3 Å². The average Bonchev–Trinajstić information content (AvgIpc) is 3.42. The van der Waals surface area contributed by atoms with Crippen molar-refractivity contribution in [3.8, 4) is 34.4 Å². The van der Waals surface area contributed by atoms with Gasteiger partial charge in [0.15, 0.2) is 0 Å². The van der Waals surface area contributed by atoms with Crippen molar-refractivity contribution in [1.82, 2.24) is 35.0 Å². The Balaban J connectivity index is 1.67. The van der Waals surface area contributed by atoms with Crippen LogP contribution >= 0.6 is 0 Å². The lowest BCUT2D eigenvalue weighted by Crippen LogP contribution is -2.28. The van der Waals surface area contributed by atoms with E-state index in [0.717, 1.165) is 28.1 Å². The summed E-state index contributed by atoms with van der Waals surface area (Å²) in [7, 11) is 0. The molecule has 2 aromatic carbocycles. The Hall–Kier alpha value is -3.99. The Labute approximate surface area is 186 Å². The lowest BCUT2D eigenvalue weighted by Gasteiger charge is -2.18. The molecule has 0 saturated carbocycles. The van der Waals surface area contributed by atoms with Crippen LogP contribution in [0.25, 0.3) is 22.5 Å². The smallest absolute Gasteiger partial charge is 0.274 e. The van der Waals surface area contributed by atoms with Gasteiger partial charge in [0.25, 0.3) is 0 Å². The number of rotatable bonds is 5. The first-order valence-electron chi connectivity index (χ1n) is 10.4. The fraction of sp³-hybridized carbons (Fsp3) is 0.292. The average molecular weight is 428 g/mol. The van der Waals surface area contributed by atoms with E-state index in [-0.39, 0.29) is 17.6 Å². The molecule has 0 bridgehead atoms. The molecule has 0 saturated heterocycles. The second-order valence-electron chi connectivity index (χ2n) is 8.50. The number of aromatic nitrogens is 7. The molecular formula is C24H25N7O. The van der Waals surface area contributed by atoms with Crippen LogP contribution in [0.5, 0.6) is 0 Å². The van der Waals surface area contributed by atoms with Crippen LogP contribution in [-0.2, 0) is 18.5 Å². The van der Waals surface area contributed by atoms with E-state index in [0.29, 0.717) is 12.4 Å². The molecule has 2 aromatic heterocycles. The number of nitrogens with zero attached hydrogens (tertiary/aromatic N) is 6. The number of tetrazole rings is 1. The lowest BCUT2D eigenvalue weighted by molar-refractivity contribution is 0.503. The van der Waals surface area contributed by atoms with E-state index in [9.17, 15) is 4.79 Å². The van der Waals surface area contributed by atoms with Gasteiger partial charge in [-0.3, -0.25) is 4.57 Å². The molecule has 1 N–H and O–H groups in total. The number of hydrogen-bond donors (Lipinski definition) is 1. The van der Waals surface area contributed by atoms with Gasteiger partial charge in [0, 0.05) is 11.0 Å². The summed E-state index contributed by atoms with van der Waals surface area (Å²) in [4.78, 5) is 13.0. The van der Waals surface area contributed by atoms with Crippen molar-refractivity contribution in [2.24, 2.45) is 0 Å². The third-order valence-electron chi connectivity index (χ3n) is 5.12. The van der Waals surface area contributed by atoms with E-state index >= 15 is 0 Å². The maximum atomic E-state index is 13.0. The highest BCUT2D eigenvalue weighted by atomic mass is 16.2. The molecule has 0 radical (unpaired) electrons. The second kappa shape index (κ2) is 8.63. The summed E-state index contributed by atoms with van der Waals surface area (Å²) in [5.41, 5.74) is 3.54. The summed E-state index contributed by atoms with van der Waals surface area (Å²) >= 11 is 0. The van der Waals surface area contributed by atoms with Gasteiger partial charge in [-0.25, -0.2) is 9.48 Å². The monoisotopic (exact) mass is 427 g/mol. The number of aromatic amines is 1. The third kappa shape index (κ3) is 4.23. The Bertz CT molecular complexity index is 1330. The van der Waals surface area contributed by atoms with Gasteiger partial charge in [-0.15, -0.1) is 16.1 Å². The SMILES string of the molecule is CC#CCn1nc(C(C)(C)C)n(Cc2ccc(-c3ccccc3-c3nn[nH]n3)cc2)c1=O. The zero-order chi connectivity index (χ0) is 22.7. The van der Waals surface area contributed by atoms with Crippen LogP contribution < -0.4 is 5.69 Å². The second-order valence-corrected chi connectivity index (χ2v) is 8.50. The quantitative estimate of drug-likeness (QED) is 0.494. The highest BCUT2D eigenvalue weighted by Crippen LogP contribution is 2.30. The summed E-state index contributed by atoms with van der Waals surface area (Å²) in [6, 6.07) is 16.1. The van der Waals surface area contributed by atoms with Crippen molar-refractivity contribution in [3.05, 3.63) is 70.4 Å². The van der Waals surface area contributed by atoms with Gasteiger partial charge in [-0.1, -0.05) is 75.2 Å². The van der Waals surface area contributed by atoms with Gasteiger partial charge in [0.05, 0.1) is 6.54 Å². The molecule has 0 unspecified atom stereocenters. The summed E-state index contributed by atoms with van der Waals surface area (Å²) in [5.74, 6) is 7.04. The molecule has 4 aromatic rings. The molecule has 4 rings (SSSR count). The van der Waals surface area contributed by atoms with Crippen molar-refractivity contribution in [2.75, 3.05) is 0 Å². The molecule has 0 aliphatic rings. The van der Waals surface area contributed by atoms with Crippen molar-refractivity contribution < 1.29 is 0 Å². The van der Waals surface area contributed by atoms with Gasteiger partial charge >= 0.3 is 5.69 Å². The Morgan fingerprint density at radius 3 is 2.38 bits per heavy atom. The molecule has 0 atom stereocenters. The molecule has 2 heterocycles. The van der Waals surface area contributed by atoms with E-state index in [1.54, 1.807) is 11.5 Å². The Morgan fingerprint density at radius 1 is 1.03 bits per heavy atom. The first kappa shape index (κ1) is 21.2. The standard InChI is InChI=1S/C24H25N7O/c1-5-6-15-31-23(32)30(22(27-31)24(2,3)4)16-17-11-13-18(14-12-17)19-9-7-8-10-20(19)21-25-28-29-26-21/h7-14H,15-16H2,1-4H3,(H,25,26,28,29). The van der Waals surface area contributed by atoms with Crippen LogP contribution in [0, 0.1) is 11.8 Å². The number of nitrogens with one attached hydrogen (secondary N) is 1. The normalized spacial score (nSPS) is 11.2.